The summed E-state index contributed by atoms with van der Waals surface area (Å²) < 4.78 is 10.3. The third kappa shape index (κ3) is 3.17. The minimum Gasteiger partial charge on any atom is -0.481 e. The van der Waals surface area contributed by atoms with Gasteiger partial charge in [-0.05, 0) is 12.6 Å². The molecule has 0 radical (unpaired) electrons. The molecular weight excluding hydrogens is 234 g/mol. The summed E-state index contributed by atoms with van der Waals surface area (Å²) in [6.07, 6.45) is 1.73. The Morgan fingerprint density at radius 1 is 1.28 bits per heavy atom. The molecule has 2 rings (SSSR count). The van der Waals surface area contributed by atoms with Crippen LogP contribution < -0.4 is 15.4 Å². The van der Waals surface area contributed by atoms with Gasteiger partial charge in [-0.2, -0.15) is 0 Å². The molecule has 7 heteroatoms. The molecule has 18 heavy (non-hydrogen) atoms. The van der Waals surface area contributed by atoms with Crippen molar-refractivity contribution in [2.24, 2.45) is 0 Å². The summed E-state index contributed by atoms with van der Waals surface area (Å²) in [4.78, 5) is 4.11. The van der Waals surface area contributed by atoms with Gasteiger partial charge in [-0.3, -0.25) is 0 Å². The van der Waals surface area contributed by atoms with Crippen LogP contribution >= 0.6 is 0 Å². The molecule has 2 aromatic heterocycles. The maximum absolute atomic E-state index is 5.35. The predicted octanol–water partition coefficient (Wildman–Crippen LogP) is 0.805. The van der Waals surface area contributed by atoms with E-state index >= 15 is 0 Å². The Bertz CT molecular complexity index is 482. The van der Waals surface area contributed by atoms with Gasteiger partial charge in [0.05, 0.1) is 13.7 Å². The fourth-order valence-electron chi connectivity index (χ4n) is 1.36. The second-order valence-electron chi connectivity index (χ2n) is 3.59. The summed E-state index contributed by atoms with van der Waals surface area (Å²) >= 11 is 0. The molecule has 0 unspecified atom stereocenters. The highest BCUT2D eigenvalue weighted by Gasteiger charge is 2.04. The molecule has 2 N–H and O–H groups in total. The predicted molar refractivity (Wildman–Crippen MR) is 65.2 cm³/mol. The summed E-state index contributed by atoms with van der Waals surface area (Å²) in [7, 11) is 3.41. The Labute approximate surface area is 105 Å². The molecule has 0 saturated carbocycles. The van der Waals surface area contributed by atoms with Crippen molar-refractivity contribution in [1.29, 1.82) is 0 Å². The fourth-order valence-corrected chi connectivity index (χ4v) is 1.36. The molecule has 0 aliphatic heterocycles. The first-order valence-corrected chi connectivity index (χ1v) is 5.51. The second kappa shape index (κ2) is 5.97. The van der Waals surface area contributed by atoms with Crippen LogP contribution in [0.25, 0.3) is 0 Å². The van der Waals surface area contributed by atoms with Gasteiger partial charge in [-0.25, -0.2) is 4.98 Å². The van der Waals surface area contributed by atoms with Crippen LogP contribution in [0.2, 0.25) is 0 Å². The monoisotopic (exact) mass is 249 g/mol. The van der Waals surface area contributed by atoms with Crippen molar-refractivity contribution in [3.63, 3.8) is 0 Å². The van der Waals surface area contributed by atoms with Crippen molar-refractivity contribution in [2.75, 3.05) is 19.5 Å². The van der Waals surface area contributed by atoms with Crippen LogP contribution in [0.15, 0.2) is 22.7 Å². The lowest BCUT2D eigenvalue weighted by Crippen LogP contribution is -2.04. The topological polar surface area (TPSA) is 85.1 Å². The Morgan fingerprint density at radius 2 is 2.17 bits per heavy atom. The van der Waals surface area contributed by atoms with Gasteiger partial charge in [0.1, 0.15) is 0 Å². The third-order valence-electron chi connectivity index (χ3n) is 2.25. The lowest BCUT2D eigenvalue weighted by Gasteiger charge is -2.02. The van der Waals surface area contributed by atoms with Crippen molar-refractivity contribution in [2.45, 2.75) is 13.1 Å². The lowest BCUT2D eigenvalue weighted by atomic mass is 10.3. The molecule has 0 fully saturated rings. The van der Waals surface area contributed by atoms with Crippen molar-refractivity contribution < 1.29 is 9.15 Å². The molecule has 0 saturated heterocycles. The number of aromatic nitrogens is 3. The summed E-state index contributed by atoms with van der Waals surface area (Å²) in [5.74, 6) is 1.14. The summed E-state index contributed by atoms with van der Waals surface area (Å²) in [6, 6.07) is 4.12. The SMILES string of the molecule is CNCc1nnc(NCc2ccc(OC)nc2)o1. The molecule has 0 aliphatic rings. The average Bonchev–Trinajstić information content (AvgIpc) is 2.85. The van der Waals surface area contributed by atoms with Gasteiger partial charge in [0.25, 0.3) is 0 Å². The first-order valence-electron chi connectivity index (χ1n) is 5.51. The maximum atomic E-state index is 5.35. The van der Waals surface area contributed by atoms with E-state index in [1.54, 1.807) is 19.4 Å². The Morgan fingerprint density at radius 3 is 2.83 bits per heavy atom. The smallest absolute Gasteiger partial charge is 0.315 e. The van der Waals surface area contributed by atoms with Gasteiger partial charge in [0.15, 0.2) is 0 Å². The number of anilines is 1. The maximum Gasteiger partial charge on any atom is 0.315 e. The van der Waals surface area contributed by atoms with Gasteiger partial charge >= 0.3 is 6.01 Å². The minimum absolute atomic E-state index is 0.399. The van der Waals surface area contributed by atoms with Crippen molar-refractivity contribution in [3.05, 3.63) is 29.8 Å². The van der Waals surface area contributed by atoms with Crippen LogP contribution in [0, 0.1) is 0 Å². The zero-order chi connectivity index (χ0) is 12.8. The molecule has 0 atom stereocenters. The van der Waals surface area contributed by atoms with Crippen LogP contribution in [0.4, 0.5) is 6.01 Å². The van der Waals surface area contributed by atoms with E-state index in [9.17, 15) is 0 Å². The van der Waals surface area contributed by atoms with Crippen molar-refractivity contribution in [3.8, 4) is 5.88 Å². The van der Waals surface area contributed by atoms with Crippen LogP contribution in [-0.2, 0) is 13.1 Å². The highest BCUT2D eigenvalue weighted by atomic mass is 16.5. The minimum atomic E-state index is 0.399. The van der Waals surface area contributed by atoms with Gasteiger partial charge in [0, 0.05) is 18.8 Å². The number of nitrogens with zero attached hydrogens (tertiary/aromatic N) is 3. The molecule has 0 amide bonds. The third-order valence-corrected chi connectivity index (χ3v) is 2.25. The molecule has 2 heterocycles. The van der Waals surface area contributed by atoms with E-state index in [0.29, 0.717) is 30.9 Å². The Balaban J connectivity index is 1.89. The molecule has 0 spiro atoms. The molecule has 0 bridgehead atoms. The molecular formula is C11H15N5O2. The van der Waals surface area contributed by atoms with Gasteiger partial charge in [-0.15, -0.1) is 5.10 Å². The van der Waals surface area contributed by atoms with E-state index in [2.05, 4.69) is 25.8 Å². The second-order valence-corrected chi connectivity index (χ2v) is 3.59. The number of rotatable bonds is 6. The molecule has 0 aliphatic carbocycles. The summed E-state index contributed by atoms with van der Waals surface area (Å²) in [5.41, 5.74) is 1.00. The Kier molecular flexibility index (Phi) is 4.08. The zero-order valence-electron chi connectivity index (χ0n) is 10.3. The van der Waals surface area contributed by atoms with Crippen LogP contribution in [0.1, 0.15) is 11.5 Å². The van der Waals surface area contributed by atoms with Crippen LogP contribution in [0.5, 0.6) is 5.88 Å². The molecule has 7 nitrogen and oxygen atoms in total. The van der Waals surface area contributed by atoms with Crippen LogP contribution in [-0.4, -0.2) is 29.3 Å². The highest BCUT2D eigenvalue weighted by Crippen LogP contribution is 2.10. The average molecular weight is 249 g/mol. The first-order chi connectivity index (χ1) is 8.81. The number of hydrogen-bond acceptors (Lipinski definition) is 7. The quantitative estimate of drug-likeness (QED) is 0.783. The van der Waals surface area contributed by atoms with Crippen molar-refractivity contribution >= 4 is 6.01 Å². The van der Waals surface area contributed by atoms with E-state index < -0.39 is 0 Å². The van der Waals surface area contributed by atoms with E-state index in [-0.39, 0.29) is 0 Å². The van der Waals surface area contributed by atoms with E-state index in [0.717, 1.165) is 5.56 Å². The normalized spacial score (nSPS) is 10.3. The number of nitrogens with one attached hydrogen (secondary N) is 2. The van der Waals surface area contributed by atoms with Crippen molar-refractivity contribution in [1.82, 2.24) is 20.5 Å². The van der Waals surface area contributed by atoms with Gasteiger partial charge in [0.2, 0.25) is 11.8 Å². The summed E-state index contributed by atoms with van der Waals surface area (Å²) in [6.45, 7) is 1.12. The molecule has 0 aromatic carbocycles. The number of hydrogen-bond donors (Lipinski definition) is 2. The van der Waals surface area contributed by atoms with E-state index in [4.69, 9.17) is 9.15 Å². The van der Waals surface area contributed by atoms with E-state index in [1.165, 1.54) is 0 Å². The van der Waals surface area contributed by atoms with Gasteiger partial charge < -0.3 is 19.8 Å². The Hall–Kier alpha value is -2.15. The van der Waals surface area contributed by atoms with E-state index in [1.807, 2.05) is 13.1 Å². The lowest BCUT2D eigenvalue weighted by molar-refractivity contribution is 0.397. The largest absolute Gasteiger partial charge is 0.481 e. The number of ether oxygens (including phenoxy) is 1. The first kappa shape index (κ1) is 12.3. The number of methoxy groups -OCH3 is 1. The standard InChI is InChI=1S/C11H15N5O2/c1-12-7-10-15-16-11(18-10)14-6-8-3-4-9(17-2)13-5-8/h3-5,12H,6-7H2,1-2H3,(H,14,16). The fraction of sp³-hybridized carbons (Fsp3) is 0.364. The van der Waals surface area contributed by atoms with Crippen LogP contribution in [0.3, 0.4) is 0 Å². The summed E-state index contributed by atoms with van der Waals surface area (Å²) in [5, 5.41) is 13.7. The number of pyridine rings is 1. The zero-order valence-corrected chi connectivity index (χ0v) is 10.3. The highest BCUT2D eigenvalue weighted by molar-refractivity contribution is 5.24. The molecule has 2 aromatic rings. The van der Waals surface area contributed by atoms with Gasteiger partial charge in [-0.1, -0.05) is 11.2 Å². The molecule has 96 valence electrons.